The molecule has 0 aliphatic carbocycles. The van der Waals surface area contributed by atoms with E-state index in [1.807, 2.05) is 0 Å². The van der Waals surface area contributed by atoms with Crippen LogP contribution in [0.5, 0.6) is 0 Å². The SMILES string of the molecule is COCCNC(=O)CS(=O)(=O)c1ccc(N)cc1Cl. The van der Waals surface area contributed by atoms with Crippen molar-refractivity contribution in [2.75, 3.05) is 31.7 Å². The van der Waals surface area contributed by atoms with Crippen LogP contribution in [0.15, 0.2) is 23.1 Å². The maximum absolute atomic E-state index is 12.0. The first-order valence-corrected chi connectivity index (χ1v) is 7.43. The Morgan fingerprint density at radius 2 is 2.16 bits per heavy atom. The van der Waals surface area contributed by atoms with Gasteiger partial charge >= 0.3 is 0 Å². The maximum atomic E-state index is 12.0. The molecular formula is C11H15ClN2O4S. The van der Waals surface area contributed by atoms with Crippen LogP contribution in [-0.2, 0) is 19.4 Å². The fraction of sp³-hybridized carbons (Fsp3) is 0.364. The summed E-state index contributed by atoms with van der Waals surface area (Å²) in [5.74, 6) is -1.27. The van der Waals surface area contributed by atoms with E-state index in [0.717, 1.165) is 0 Å². The molecule has 1 rings (SSSR count). The minimum Gasteiger partial charge on any atom is -0.399 e. The van der Waals surface area contributed by atoms with Crippen molar-refractivity contribution in [3.05, 3.63) is 23.2 Å². The molecule has 106 valence electrons. The van der Waals surface area contributed by atoms with E-state index in [4.69, 9.17) is 22.1 Å². The average Bonchev–Trinajstić information content (AvgIpc) is 2.27. The number of carbonyl (C=O) groups is 1. The molecule has 3 N–H and O–H groups in total. The van der Waals surface area contributed by atoms with Crippen LogP contribution < -0.4 is 11.1 Å². The van der Waals surface area contributed by atoms with E-state index >= 15 is 0 Å². The van der Waals surface area contributed by atoms with Crippen molar-refractivity contribution < 1.29 is 17.9 Å². The Morgan fingerprint density at radius 3 is 2.74 bits per heavy atom. The molecule has 1 aromatic carbocycles. The predicted molar refractivity (Wildman–Crippen MR) is 72.8 cm³/mol. The highest BCUT2D eigenvalue weighted by Gasteiger charge is 2.21. The lowest BCUT2D eigenvalue weighted by atomic mass is 10.3. The number of halogens is 1. The van der Waals surface area contributed by atoms with Crippen LogP contribution in [0.1, 0.15) is 0 Å². The molecular weight excluding hydrogens is 292 g/mol. The molecule has 0 saturated carbocycles. The van der Waals surface area contributed by atoms with Crippen LogP contribution in [0, 0.1) is 0 Å². The Bertz CT molecular complexity index is 560. The van der Waals surface area contributed by atoms with Crippen molar-refractivity contribution in [2.45, 2.75) is 4.90 Å². The van der Waals surface area contributed by atoms with Gasteiger partial charge < -0.3 is 15.8 Å². The Kier molecular flexibility index (Phi) is 5.59. The molecule has 8 heteroatoms. The number of nitrogens with two attached hydrogens (primary N) is 1. The summed E-state index contributed by atoms with van der Waals surface area (Å²) >= 11 is 5.81. The molecule has 0 radical (unpaired) electrons. The minimum absolute atomic E-state index is 0.00434. The zero-order valence-corrected chi connectivity index (χ0v) is 11.9. The minimum atomic E-state index is -3.78. The molecule has 0 saturated heterocycles. The second kappa shape index (κ2) is 6.74. The van der Waals surface area contributed by atoms with E-state index < -0.39 is 21.5 Å². The largest absolute Gasteiger partial charge is 0.399 e. The van der Waals surface area contributed by atoms with Gasteiger partial charge in [-0.25, -0.2) is 8.42 Å². The number of carbonyl (C=O) groups excluding carboxylic acids is 1. The van der Waals surface area contributed by atoms with E-state index in [-0.39, 0.29) is 16.5 Å². The third-order valence-corrected chi connectivity index (χ3v) is 4.33. The van der Waals surface area contributed by atoms with E-state index in [0.29, 0.717) is 12.3 Å². The van der Waals surface area contributed by atoms with Gasteiger partial charge in [-0.15, -0.1) is 0 Å². The third kappa shape index (κ3) is 4.70. The van der Waals surface area contributed by atoms with E-state index in [9.17, 15) is 13.2 Å². The summed E-state index contributed by atoms with van der Waals surface area (Å²) in [5.41, 5.74) is 5.84. The van der Waals surface area contributed by atoms with Gasteiger partial charge in [-0.1, -0.05) is 11.6 Å². The highest BCUT2D eigenvalue weighted by molar-refractivity contribution is 7.92. The van der Waals surface area contributed by atoms with Gasteiger partial charge in [0.1, 0.15) is 5.75 Å². The average molecular weight is 307 g/mol. The molecule has 0 aliphatic heterocycles. The van der Waals surface area contributed by atoms with E-state index in [1.54, 1.807) is 0 Å². The van der Waals surface area contributed by atoms with Crippen LogP contribution in [-0.4, -0.2) is 40.3 Å². The molecule has 0 atom stereocenters. The lowest BCUT2D eigenvalue weighted by molar-refractivity contribution is -0.118. The summed E-state index contributed by atoms with van der Waals surface area (Å²) in [4.78, 5) is 11.4. The topological polar surface area (TPSA) is 98.5 Å². The Hall–Kier alpha value is -1.31. The summed E-state index contributed by atoms with van der Waals surface area (Å²) in [5, 5.41) is 2.43. The number of ether oxygens (including phenoxy) is 1. The van der Waals surface area contributed by atoms with Crippen LogP contribution in [0.2, 0.25) is 5.02 Å². The number of anilines is 1. The Balaban J connectivity index is 2.78. The lowest BCUT2D eigenvalue weighted by Crippen LogP contribution is -2.32. The van der Waals surface area contributed by atoms with Gasteiger partial charge in [0.05, 0.1) is 16.5 Å². The van der Waals surface area contributed by atoms with Crippen LogP contribution in [0.25, 0.3) is 0 Å². The molecule has 6 nitrogen and oxygen atoms in total. The van der Waals surface area contributed by atoms with Gasteiger partial charge in [-0.05, 0) is 18.2 Å². The van der Waals surface area contributed by atoms with Gasteiger partial charge in [0.2, 0.25) is 5.91 Å². The summed E-state index contributed by atoms with van der Waals surface area (Å²) in [6.45, 7) is 0.564. The van der Waals surface area contributed by atoms with Crippen molar-refractivity contribution >= 4 is 33.0 Å². The molecule has 0 unspecified atom stereocenters. The zero-order valence-electron chi connectivity index (χ0n) is 10.3. The number of benzene rings is 1. The fourth-order valence-electron chi connectivity index (χ4n) is 1.36. The standard InChI is InChI=1S/C11H15ClN2O4S/c1-18-5-4-14-11(15)7-19(16,17)10-3-2-8(13)6-9(10)12/h2-3,6H,4-5,7,13H2,1H3,(H,14,15). The molecule has 0 bridgehead atoms. The molecule has 0 spiro atoms. The van der Waals surface area contributed by atoms with Gasteiger partial charge in [-0.3, -0.25) is 4.79 Å². The summed E-state index contributed by atoms with van der Waals surface area (Å²) in [7, 11) is -2.30. The number of methoxy groups -OCH3 is 1. The first-order chi connectivity index (χ1) is 8.86. The molecule has 1 aromatic rings. The predicted octanol–water partition coefficient (Wildman–Crippen LogP) is 0.459. The quantitative estimate of drug-likeness (QED) is 0.587. The highest BCUT2D eigenvalue weighted by Crippen LogP contribution is 2.24. The van der Waals surface area contributed by atoms with Crippen LogP contribution >= 0.6 is 11.6 Å². The van der Waals surface area contributed by atoms with Crippen molar-refractivity contribution in [1.29, 1.82) is 0 Å². The van der Waals surface area contributed by atoms with Gasteiger partial charge in [-0.2, -0.15) is 0 Å². The Labute approximate surface area is 116 Å². The number of nitrogen functional groups attached to an aromatic ring is 1. The molecule has 0 heterocycles. The van der Waals surface area contributed by atoms with E-state index in [1.165, 1.54) is 25.3 Å². The van der Waals surface area contributed by atoms with Crippen molar-refractivity contribution in [1.82, 2.24) is 5.32 Å². The molecule has 19 heavy (non-hydrogen) atoms. The maximum Gasteiger partial charge on any atom is 0.235 e. The number of nitrogens with one attached hydrogen (secondary N) is 1. The number of amides is 1. The number of hydrogen-bond acceptors (Lipinski definition) is 5. The number of sulfone groups is 1. The van der Waals surface area contributed by atoms with Crippen molar-refractivity contribution in [3.8, 4) is 0 Å². The molecule has 0 fully saturated rings. The molecule has 1 amide bonds. The normalized spacial score (nSPS) is 11.3. The Morgan fingerprint density at radius 1 is 1.47 bits per heavy atom. The van der Waals surface area contributed by atoms with Gasteiger partial charge in [0, 0.05) is 19.3 Å². The summed E-state index contributed by atoms with van der Waals surface area (Å²) in [6.07, 6.45) is 0. The van der Waals surface area contributed by atoms with Crippen LogP contribution in [0.3, 0.4) is 0 Å². The second-order valence-electron chi connectivity index (χ2n) is 3.79. The smallest absolute Gasteiger partial charge is 0.235 e. The van der Waals surface area contributed by atoms with Crippen LogP contribution in [0.4, 0.5) is 5.69 Å². The van der Waals surface area contributed by atoms with Gasteiger partial charge in [0.25, 0.3) is 0 Å². The van der Waals surface area contributed by atoms with Crippen molar-refractivity contribution in [3.63, 3.8) is 0 Å². The first kappa shape index (κ1) is 15.7. The second-order valence-corrected chi connectivity index (χ2v) is 6.16. The van der Waals surface area contributed by atoms with Crippen molar-refractivity contribution in [2.24, 2.45) is 0 Å². The zero-order chi connectivity index (χ0) is 14.5. The number of rotatable bonds is 6. The monoisotopic (exact) mass is 306 g/mol. The van der Waals surface area contributed by atoms with E-state index in [2.05, 4.69) is 5.32 Å². The molecule has 0 aliphatic rings. The number of hydrogen-bond donors (Lipinski definition) is 2. The first-order valence-electron chi connectivity index (χ1n) is 5.40. The van der Waals surface area contributed by atoms with Gasteiger partial charge in [0.15, 0.2) is 9.84 Å². The lowest BCUT2D eigenvalue weighted by Gasteiger charge is -2.08. The third-order valence-electron chi connectivity index (χ3n) is 2.24. The summed E-state index contributed by atoms with van der Waals surface area (Å²) < 4.78 is 28.7. The molecule has 0 aromatic heterocycles. The highest BCUT2D eigenvalue weighted by atomic mass is 35.5. The summed E-state index contributed by atoms with van der Waals surface area (Å²) in [6, 6.07) is 4.04. The fourth-order valence-corrected chi connectivity index (χ4v) is 3.14.